The van der Waals surface area contributed by atoms with Gasteiger partial charge in [0.1, 0.15) is 11.9 Å². The van der Waals surface area contributed by atoms with Crippen molar-refractivity contribution < 1.29 is 19.1 Å². The maximum atomic E-state index is 12.8. The van der Waals surface area contributed by atoms with Crippen LogP contribution >= 0.6 is 0 Å². The van der Waals surface area contributed by atoms with E-state index in [4.69, 9.17) is 5.11 Å². The number of benzene rings is 1. The van der Waals surface area contributed by atoms with Gasteiger partial charge < -0.3 is 15.3 Å². The SMILES string of the molecule is CC(C)C[C@@H](NC(=O)N(C)Cc1ccc(F)cc1)C(=O)O. The van der Waals surface area contributed by atoms with E-state index < -0.39 is 18.0 Å². The van der Waals surface area contributed by atoms with Gasteiger partial charge in [0.15, 0.2) is 0 Å². The maximum absolute atomic E-state index is 12.8. The fourth-order valence-corrected chi connectivity index (χ4v) is 1.89. The van der Waals surface area contributed by atoms with Gasteiger partial charge in [-0.3, -0.25) is 0 Å². The topological polar surface area (TPSA) is 69.6 Å². The highest BCUT2D eigenvalue weighted by Gasteiger charge is 2.22. The molecule has 6 heteroatoms. The van der Waals surface area contributed by atoms with Gasteiger partial charge in [-0.2, -0.15) is 0 Å². The zero-order valence-corrected chi connectivity index (χ0v) is 12.5. The lowest BCUT2D eigenvalue weighted by atomic mass is 10.0. The highest BCUT2D eigenvalue weighted by Crippen LogP contribution is 2.08. The van der Waals surface area contributed by atoms with Crippen LogP contribution in [0.2, 0.25) is 0 Å². The van der Waals surface area contributed by atoms with E-state index in [0.717, 1.165) is 5.56 Å². The van der Waals surface area contributed by atoms with Crippen LogP contribution in [0, 0.1) is 11.7 Å². The minimum Gasteiger partial charge on any atom is -0.480 e. The Hall–Kier alpha value is -2.11. The molecule has 0 bridgehead atoms. The van der Waals surface area contributed by atoms with E-state index in [2.05, 4.69) is 5.32 Å². The molecule has 21 heavy (non-hydrogen) atoms. The summed E-state index contributed by atoms with van der Waals surface area (Å²) in [5.74, 6) is -1.23. The summed E-state index contributed by atoms with van der Waals surface area (Å²) in [6.45, 7) is 4.06. The molecule has 0 radical (unpaired) electrons. The number of carboxylic acid groups (broad SMARTS) is 1. The molecule has 1 aromatic carbocycles. The third-order valence-electron chi connectivity index (χ3n) is 2.98. The van der Waals surface area contributed by atoms with Gasteiger partial charge in [-0.05, 0) is 30.0 Å². The number of amides is 2. The quantitative estimate of drug-likeness (QED) is 0.847. The van der Waals surface area contributed by atoms with Crippen LogP contribution in [0.1, 0.15) is 25.8 Å². The van der Waals surface area contributed by atoms with E-state index in [1.54, 1.807) is 19.2 Å². The second kappa shape index (κ2) is 7.61. The summed E-state index contributed by atoms with van der Waals surface area (Å²) < 4.78 is 12.8. The first-order valence-corrected chi connectivity index (χ1v) is 6.78. The molecule has 0 heterocycles. The molecular formula is C15H21FN2O3. The molecule has 1 rings (SSSR count). The average molecular weight is 296 g/mol. The smallest absolute Gasteiger partial charge is 0.326 e. The molecule has 1 aromatic rings. The van der Waals surface area contributed by atoms with Crippen molar-refractivity contribution in [1.29, 1.82) is 0 Å². The summed E-state index contributed by atoms with van der Waals surface area (Å²) in [5, 5.41) is 11.6. The second-order valence-electron chi connectivity index (χ2n) is 5.45. The van der Waals surface area contributed by atoms with Crippen LogP contribution in [0.15, 0.2) is 24.3 Å². The standard InChI is InChI=1S/C15H21FN2O3/c1-10(2)8-13(14(19)20)17-15(21)18(3)9-11-4-6-12(16)7-5-11/h4-7,10,13H,8-9H2,1-3H3,(H,17,21)(H,19,20)/t13-/m1/s1. The van der Waals surface area contributed by atoms with Crippen LogP contribution in [-0.2, 0) is 11.3 Å². The summed E-state index contributed by atoms with van der Waals surface area (Å²) in [7, 11) is 1.56. The molecule has 2 N–H and O–H groups in total. The highest BCUT2D eigenvalue weighted by atomic mass is 19.1. The van der Waals surface area contributed by atoms with Gasteiger partial charge in [-0.15, -0.1) is 0 Å². The largest absolute Gasteiger partial charge is 0.480 e. The van der Waals surface area contributed by atoms with Crippen LogP contribution in [-0.4, -0.2) is 35.1 Å². The van der Waals surface area contributed by atoms with Crippen molar-refractivity contribution in [3.8, 4) is 0 Å². The number of carbonyl (C=O) groups excluding carboxylic acids is 1. The van der Waals surface area contributed by atoms with Crippen molar-refractivity contribution in [1.82, 2.24) is 10.2 Å². The van der Waals surface area contributed by atoms with Gasteiger partial charge in [0.05, 0.1) is 0 Å². The highest BCUT2D eigenvalue weighted by molar-refractivity contribution is 5.82. The number of halogens is 1. The number of aliphatic carboxylic acids is 1. The monoisotopic (exact) mass is 296 g/mol. The van der Waals surface area contributed by atoms with Crippen LogP contribution in [0.5, 0.6) is 0 Å². The lowest BCUT2D eigenvalue weighted by molar-refractivity contribution is -0.139. The van der Waals surface area contributed by atoms with Gasteiger partial charge >= 0.3 is 12.0 Å². The lowest BCUT2D eigenvalue weighted by Crippen LogP contribution is -2.46. The van der Waals surface area contributed by atoms with E-state index >= 15 is 0 Å². The minimum absolute atomic E-state index is 0.161. The Morgan fingerprint density at radius 2 is 1.86 bits per heavy atom. The zero-order chi connectivity index (χ0) is 16.0. The third-order valence-corrected chi connectivity index (χ3v) is 2.98. The Morgan fingerprint density at radius 3 is 2.33 bits per heavy atom. The van der Waals surface area contributed by atoms with Gasteiger partial charge in [-0.25, -0.2) is 14.0 Å². The molecule has 116 valence electrons. The Labute approximate surface area is 123 Å². The number of rotatable bonds is 6. The molecule has 0 aliphatic rings. The van der Waals surface area contributed by atoms with Crippen molar-refractivity contribution in [3.63, 3.8) is 0 Å². The number of hydrogen-bond acceptors (Lipinski definition) is 2. The first kappa shape index (κ1) is 16.9. The number of nitrogens with one attached hydrogen (secondary N) is 1. The molecule has 0 saturated carbocycles. The first-order chi connectivity index (χ1) is 9.79. The number of carbonyl (C=O) groups is 2. The Kier molecular flexibility index (Phi) is 6.14. The number of hydrogen-bond donors (Lipinski definition) is 2. The Balaban J connectivity index is 2.60. The fourth-order valence-electron chi connectivity index (χ4n) is 1.89. The Morgan fingerprint density at radius 1 is 1.29 bits per heavy atom. The normalized spacial score (nSPS) is 12.0. The van der Waals surface area contributed by atoms with Crippen molar-refractivity contribution in [2.45, 2.75) is 32.9 Å². The second-order valence-corrected chi connectivity index (χ2v) is 5.45. The van der Waals surface area contributed by atoms with Crippen LogP contribution in [0.25, 0.3) is 0 Å². The molecule has 0 aliphatic carbocycles. The van der Waals surface area contributed by atoms with Gasteiger partial charge in [0, 0.05) is 13.6 Å². The van der Waals surface area contributed by atoms with Gasteiger partial charge in [0.2, 0.25) is 0 Å². The van der Waals surface area contributed by atoms with E-state index in [9.17, 15) is 14.0 Å². The molecule has 2 amide bonds. The van der Waals surface area contributed by atoms with E-state index in [0.29, 0.717) is 6.42 Å². The molecule has 0 saturated heterocycles. The zero-order valence-electron chi connectivity index (χ0n) is 12.5. The van der Waals surface area contributed by atoms with Crippen molar-refractivity contribution in [3.05, 3.63) is 35.6 Å². The molecule has 0 aliphatic heterocycles. The minimum atomic E-state index is -1.05. The summed E-state index contributed by atoms with van der Waals surface area (Å²) in [6, 6.07) is 4.43. The molecule has 5 nitrogen and oxygen atoms in total. The van der Waals surface area contributed by atoms with E-state index in [-0.39, 0.29) is 18.3 Å². The molecule has 0 fully saturated rings. The fraction of sp³-hybridized carbons (Fsp3) is 0.467. The predicted octanol–water partition coefficient (Wildman–Crippen LogP) is 2.47. The van der Waals surface area contributed by atoms with Crippen molar-refractivity contribution >= 4 is 12.0 Å². The summed E-state index contributed by atoms with van der Waals surface area (Å²) in [4.78, 5) is 24.5. The summed E-state index contributed by atoms with van der Waals surface area (Å²) in [6.07, 6.45) is 0.367. The van der Waals surface area contributed by atoms with Crippen LogP contribution in [0.3, 0.4) is 0 Å². The molecule has 0 aromatic heterocycles. The number of nitrogens with zero attached hydrogens (tertiary/aromatic N) is 1. The first-order valence-electron chi connectivity index (χ1n) is 6.78. The summed E-state index contributed by atoms with van der Waals surface area (Å²) >= 11 is 0. The summed E-state index contributed by atoms with van der Waals surface area (Å²) in [5.41, 5.74) is 0.768. The predicted molar refractivity (Wildman–Crippen MR) is 77.3 cm³/mol. The molecule has 0 spiro atoms. The number of carboxylic acids is 1. The van der Waals surface area contributed by atoms with Gasteiger partial charge in [0.25, 0.3) is 0 Å². The van der Waals surface area contributed by atoms with E-state index in [1.165, 1.54) is 17.0 Å². The average Bonchev–Trinajstić information content (AvgIpc) is 2.39. The lowest BCUT2D eigenvalue weighted by Gasteiger charge is -2.22. The molecular weight excluding hydrogens is 275 g/mol. The van der Waals surface area contributed by atoms with Gasteiger partial charge in [-0.1, -0.05) is 26.0 Å². The van der Waals surface area contributed by atoms with Crippen LogP contribution < -0.4 is 5.32 Å². The van der Waals surface area contributed by atoms with Crippen LogP contribution in [0.4, 0.5) is 9.18 Å². The molecule has 0 unspecified atom stereocenters. The third kappa shape index (κ3) is 5.81. The number of urea groups is 1. The Bertz CT molecular complexity index is 488. The van der Waals surface area contributed by atoms with E-state index in [1.807, 2.05) is 13.8 Å². The molecule has 1 atom stereocenters. The van der Waals surface area contributed by atoms with Crippen molar-refractivity contribution in [2.75, 3.05) is 7.05 Å². The van der Waals surface area contributed by atoms with Crippen molar-refractivity contribution in [2.24, 2.45) is 5.92 Å². The maximum Gasteiger partial charge on any atom is 0.326 e.